The summed E-state index contributed by atoms with van der Waals surface area (Å²) in [5, 5.41) is 4.02. The van der Waals surface area contributed by atoms with Crippen molar-refractivity contribution >= 4 is 15.9 Å². The van der Waals surface area contributed by atoms with E-state index in [9.17, 15) is 4.79 Å². The molecule has 0 aliphatic carbocycles. The van der Waals surface area contributed by atoms with Crippen LogP contribution in [-0.2, 0) is 0 Å². The van der Waals surface area contributed by atoms with Crippen LogP contribution in [-0.4, -0.2) is 16.9 Å². The summed E-state index contributed by atoms with van der Waals surface area (Å²) in [6.45, 7) is 0. The number of ether oxygens (including phenoxy) is 2. The highest BCUT2D eigenvalue weighted by atomic mass is 79.9. The molecule has 3 aromatic rings. The van der Waals surface area contributed by atoms with E-state index in [1.165, 1.54) is 0 Å². The largest absolute Gasteiger partial charge is 0.497 e. The fourth-order valence-corrected chi connectivity index (χ4v) is 2.20. The van der Waals surface area contributed by atoms with Gasteiger partial charge in [-0.05, 0) is 42.5 Å². The van der Waals surface area contributed by atoms with Crippen molar-refractivity contribution in [3.63, 3.8) is 0 Å². The number of rotatable bonds is 4. The zero-order valence-electron chi connectivity index (χ0n) is 11.5. The van der Waals surface area contributed by atoms with Crippen molar-refractivity contribution in [2.24, 2.45) is 0 Å². The van der Waals surface area contributed by atoms with E-state index in [4.69, 9.17) is 13.9 Å². The van der Waals surface area contributed by atoms with Gasteiger partial charge >= 0.3 is 11.8 Å². The Morgan fingerprint density at radius 2 is 1.86 bits per heavy atom. The molecule has 0 spiro atoms. The Hall–Kier alpha value is -2.54. The summed E-state index contributed by atoms with van der Waals surface area (Å²) in [5.74, 6) is 0.568. The molecule has 0 aliphatic rings. The lowest BCUT2D eigenvalue weighted by Crippen LogP contribution is -2.13. The third-order valence-corrected chi connectivity index (χ3v) is 3.34. The predicted molar refractivity (Wildman–Crippen MR) is 82.9 cm³/mol. The number of methoxy groups -OCH3 is 1. The van der Waals surface area contributed by atoms with E-state index in [1.807, 2.05) is 6.07 Å². The van der Waals surface area contributed by atoms with Crippen LogP contribution in [0.2, 0.25) is 0 Å². The minimum atomic E-state index is -0.624. The van der Waals surface area contributed by atoms with Gasteiger partial charge in [0, 0.05) is 4.47 Å². The molecule has 2 aromatic carbocycles. The summed E-state index contributed by atoms with van der Waals surface area (Å²) in [7, 11) is 1.58. The van der Waals surface area contributed by atoms with Crippen LogP contribution >= 0.6 is 15.9 Å². The molecule has 3 rings (SSSR count). The Labute approximate surface area is 134 Å². The molecular weight excluding hydrogens is 352 g/mol. The van der Waals surface area contributed by atoms with Gasteiger partial charge in [0.1, 0.15) is 11.5 Å². The fraction of sp³-hybridized carbons (Fsp3) is 0.0667. The SMILES string of the molecule is COc1ccc(Oc2nn(-c3cccc(Br)c3)c(=O)o2)cc1. The minimum absolute atomic E-state index is 0.129. The zero-order chi connectivity index (χ0) is 15.5. The van der Waals surface area contributed by atoms with Gasteiger partial charge < -0.3 is 13.9 Å². The smallest absolute Gasteiger partial charge is 0.444 e. The second kappa shape index (κ2) is 6.07. The van der Waals surface area contributed by atoms with E-state index in [1.54, 1.807) is 49.6 Å². The van der Waals surface area contributed by atoms with Crippen molar-refractivity contribution in [3.05, 3.63) is 63.6 Å². The van der Waals surface area contributed by atoms with Crippen LogP contribution in [0.5, 0.6) is 17.6 Å². The minimum Gasteiger partial charge on any atom is -0.497 e. The molecule has 0 unspecified atom stereocenters. The second-order valence-corrected chi connectivity index (χ2v) is 5.22. The van der Waals surface area contributed by atoms with Gasteiger partial charge in [0.2, 0.25) is 0 Å². The van der Waals surface area contributed by atoms with Crippen LogP contribution in [0.4, 0.5) is 0 Å². The lowest BCUT2D eigenvalue weighted by atomic mass is 10.3. The molecule has 0 aliphatic heterocycles. The van der Waals surface area contributed by atoms with Crippen molar-refractivity contribution in [2.75, 3.05) is 7.11 Å². The topological polar surface area (TPSA) is 66.5 Å². The van der Waals surface area contributed by atoms with Crippen LogP contribution in [0, 0.1) is 0 Å². The Balaban J connectivity index is 1.87. The maximum atomic E-state index is 11.9. The Morgan fingerprint density at radius 1 is 1.14 bits per heavy atom. The standard InChI is InChI=1S/C15H11BrN2O4/c1-20-12-5-7-13(8-6-12)21-14-17-18(15(19)22-14)11-4-2-3-10(16)9-11/h2-9H,1H3. The number of halogens is 1. The molecule has 0 saturated heterocycles. The van der Waals surface area contributed by atoms with Crippen molar-refractivity contribution in [2.45, 2.75) is 0 Å². The summed E-state index contributed by atoms with van der Waals surface area (Å²) in [6.07, 6.45) is -0.129. The van der Waals surface area contributed by atoms with E-state index in [0.717, 1.165) is 9.15 Å². The predicted octanol–water partition coefficient (Wildman–Crippen LogP) is 3.39. The van der Waals surface area contributed by atoms with Gasteiger partial charge in [-0.2, -0.15) is 4.68 Å². The highest BCUT2D eigenvalue weighted by Crippen LogP contribution is 2.22. The molecule has 0 saturated carbocycles. The molecule has 22 heavy (non-hydrogen) atoms. The van der Waals surface area contributed by atoms with E-state index >= 15 is 0 Å². The number of aromatic nitrogens is 2. The Bertz CT molecular complexity index is 839. The van der Waals surface area contributed by atoms with Gasteiger partial charge in [0.25, 0.3) is 0 Å². The van der Waals surface area contributed by atoms with Gasteiger partial charge in [0.15, 0.2) is 0 Å². The lowest BCUT2D eigenvalue weighted by Gasteiger charge is -2.02. The zero-order valence-corrected chi connectivity index (χ0v) is 13.1. The maximum Gasteiger partial charge on any atom is 0.444 e. The first-order valence-electron chi connectivity index (χ1n) is 6.34. The molecule has 0 amide bonds. The monoisotopic (exact) mass is 362 g/mol. The summed E-state index contributed by atoms with van der Waals surface area (Å²) in [4.78, 5) is 11.9. The van der Waals surface area contributed by atoms with Crippen molar-refractivity contribution in [1.82, 2.24) is 9.78 Å². The van der Waals surface area contributed by atoms with Crippen LogP contribution in [0.25, 0.3) is 5.69 Å². The fourth-order valence-electron chi connectivity index (χ4n) is 1.82. The van der Waals surface area contributed by atoms with Crippen LogP contribution in [0.3, 0.4) is 0 Å². The van der Waals surface area contributed by atoms with E-state index in [0.29, 0.717) is 17.2 Å². The second-order valence-electron chi connectivity index (χ2n) is 4.30. The van der Waals surface area contributed by atoms with Crippen LogP contribution in [0.15, 0.2) is 62.2 Å². The molecule has 1 heterocycles. The van der Waals surface area contributed by atoms with E-state index in [2.05, 4.69) is 21.0 Å². The first-order valence-corrected chi connectivity index (χ1v) is 7.13. The first kappa shape index (κ1) is 14.4. The molecular formula is C15H11BrN2O4. The average molecular weight is 363 g/mol. The molecule has 112 valence electrons. The van der Waals surface area contributed by atoms with Crippen molar-refractivity contribution in [3.8, 4) is 23.3 Å². The summed E-state index contributed by atoms with van der Waals surface area (Å²) >= 11 is 3.34. The molecule has 0 N–H and O–H groups in total. The molecule has 6 nitrogen and oxygen atoms in total. The van der Waals surface area contributed by atoms with Crippen molar-refractivity contribution < 1.29 is 13.9 Å². The number of hydrogen-bond donors (Lipinski definition) is 0. The molecule has 1 aromatic heterocycles. The molecule has 0 fully saturated rings. The van der Waals surface area contributed by atoms with Gasteiger partial charge in [0.05, 0.1) is 12.8 Å². The highest BCUT2D eigenvalue weighted by molar-refractivity contribution is 9.10. The third kappa shape index (κ3) is 3.04. The summed E-state index contributed by atoms with van der Waals surface area (Å²) in [5.41, 5.74) is 0.577. The molecule has 0 bridgehead atoms. The number of benzene rings is 2. The average Bonchev–Trinajstić information content (AvgIpc) is 2.88. The molecule has 7 heteroatoms. The van der Waals surface area contributed by atoms with Gasteiger partial charge in [-0.3, -0.25) is 0 Å². The van der Waals surface area contributed by atoms with Gasteiger partial charge in [-0.15, -0.1) is 0 Å². The van der Waals surface area contributed by atoms with E-state index in [-0.39, 0.29) is 6.08 Å². The molecule has 0 radical (unpaired) electrons. The Morgan fingerprint density at radius 3 is 2.55 bits per heavy atom. The van der Waals surface area contributed by atoms with Crippen LogP contribution < -0.4 is 15.2 Å². The quantitative estimate of drug-likeness (QED) is 0.711. The third-order valence-electron chi connectivity index (χ3n) is 2.85. The van der Waals surface area contributed by atoms with Crippen LogP contribution in [0.1, 0.15) is 0 Å². The van der Waals surface area contributed by atoms with E-state index < -0.39 is 5.76 Å². The number of nitrogens with zero attached hydrogens (tertiary/aromatic N) is 2. The van der Waals surface area contributed by atoms with Gasteiger partial charge in [-0.25, -0.2) is 4.79 Å². The first-order chi connectivity index (χ1) is 10.7. The van der Waals surface area contributed by atoms with Gasteiger partial charge in [-0.1, -0.05) is 27.1 Å². The normalized spacial score (nSPS) is 10.5. The summed E-state index contributed by atoms with van der Waals surface area (Å²) in [6, 6.07) is 14.0. The number of hydrogen-bond acceptors (Lipinski definition) is 5. The Kier molecular flexibility index (Phi) is 3.97. The maximum absolute atomic E-state index is 11.9. The lowest BCUT2D eigenvalue weighted by molar-refractivity contribution is 0.319. The highest BCUT2D eigenvalue weighted by Gasteiger charge is 2.12. The summed E-state index contributed by atoms with van der Waals surface area (Å²) < 4.78 is 17.4. The van der Waals surface area contributed by atoms with Crippen molar-refractivity contribution in [1.29, 1.82) is 0 Å². The molecule has 0 atom stereocenters.